The quantitative estimate of drug-likeness (QED) is 0.819. The predicted octanol–water partition coefficient (Wildman–Crippen LogP) is 2.20. The molecule has 0 aliphatic rings. The number of benzene rings is 1. The maximum Gasteiger partial charge on any atom is 0.252 e. The van der Waals surface area contributed by atoms with E-state index in [2.05, 4.69) is 22.9 Å². The van der Waals surface area contributed by atoms with Crippen LogP contribution in [0.4, 0.5) is 0 Å². The number of aryl methyl sites for hydroxylation is 1. The Labute approximate surface area is 104 Å². The van der Waals surface area contributed by atoms with Gasteiger partial charge in [0, 0.05) is 4.90 Å². The third-order valence-corrected chi connectivity index (χ3v) is 2.61. The first-order chi connectivity index (χ1) is 8.16. The van der Waals surface area contributed by atoms with Crippen LogP contribution in [0.25, 0.3) is 0 Å². The molecule has 1 amide bonds. The Balaban J connectivity index is 2.01. The number of thiol groups is 1. The number of hydrogen-bond donors (Lipinski definition) is 2. The molecule has 1 aromatic carbocycles. The number of hydrogen-bond acceptors (Lipinski definition) is 4. The smallest absolute Gasteiger partial charge is 0.252 e. The van der Waals surface area contributed by atoms with E-state index in [1.54, 1.807) is 31.3 Å². The summed E-state index contributed by atoms with van der Waals surface area (Å²) in [6.07, 6.45) is 1.62. The van der Waals surface area contributed by atoms with Gasteiger partial charge in [0.05, 0.1) is 18.3 Å². The Hall–Kier alpha value is -1.75. The van der Waals surface area contributed by atoms with Crippen molar-refractivity contribution < 1.29 is 9.21 Å². The van der Waals surface area contributed by atoms with Crippen LogP contribution in [0.1, 0.15) is 22.0 Å². The van der Waals surface area contributed by atoms with Gasteiger partial charge in [-0.3, -0.25) is 4.79 Å². The van der Waals surface area contributed by atoms with E-state index in [4.69, 9.17) is 4.42 Å². The summed E-state index contributed by atoms with van der Waals surface area (Å²) < 4.78 is 5.26. The predicted molar refractivity (Wildman–Crippen MR) is 66.1 cm³/mol. The van der Waals surface area contributed by atoms with Crippen molar-refractivity contribution in [2.45, 2.75) is 18.4 Å². The van der Waals surface area contributed by atoms with Gasteiger partial charge in [0.15, 0.2) is 0 Å². The van der Waals surface area contributed by atoms with Gasteiger partial charge in [-0.25, -0.2) is 4.98 Å². The van der Waals surface area contributed by atoms with E-state index in [-0.39, 0.29) is 12.5 Å². The van der Waals surface area contributed by atoms with E-state index in [9.17, 15) is 4.79 Å². The summed E-state index contributed by atoms with van der Waals surface area (Å²) >= 11 is 4.22. The Morgan fingerprint density at radius 3 is 2.88 bits per heavy atom. The Morgan fingerprint density at radius 2 is 2.24 bits per heavy atom. The summed E-state index contributed by atoms with van der Waals surface area (Å²) in [6.45, 7) is 2.08. The molecule has 0 aliphatic carbocycles. The first kappa shape index (κ1) is 11.7. The van der Waals surface area contributed by atoms with E-state index in [1.165, 1.54) is 0 Å². The van der Waals surface area contributed by atoms with Crippen LogP contribution in [0, 0.1) is 6.92 Å². The van der Waals surface area contributed by atoms with Gasteiger partial charge in [-0.1, -0.05) is 12.1 Å². The highest BCUT2D eigenvalue weighted by Crippen LogP contribution is 2.12. The van der Waals surface area contributed by atoms with Gasteiger partial charge in [-0.05, 0) is 19.1 Å². The molecule has 0 bridgehead atoms. The van der Waals surface area contributed by atoms with Crippen LogP contribution in [0.3, 0.4) is 0 Å². The van der Waals surface area contributed by atoms with Crippen molar-refractivity contribution in [3.63, 3.8) is 0 Å². The zero-order chi connectivity index (χ0) is 12.3. The molecular formula is C12H12N2O2S. The zero-order valence-electron chi connectivity index (χ0n) is 9.30. The van der Waals surface area contributed by atoms with Gasteiger partial charge in [-0.15, -0.1) is 12.6 Å². The van der Waals surface area contributed by atoms with Gasteiger partial charge in [0.25, 0.3) is 5.91 Å². The molecule has 1 N–H and O–H groups in total. The molecule has 0 radical (unpaired) electrons. The molecule has 0 fully saturated rings. The molecule has 17 heavy (non-hydrogen) atoms. The molecule has 0 unspecified atom stereocenters. The second-order valence-corrected chi connectivity index (χ2v) is 4.05. The van der Waals surface area contributed by atoms with Crippen LogP contribution in [0.2, 0.25) is 0 Å². The average Bonchev–Trinajstić information content (AvgIpc) is 2.73. The Kier molecular flexibility index (Phi) is 3.49. The van der Waals surface area contributed by atoms with E-state index in [0.29, 0.717) is 16.3 Å². The molecule has 1 heterocycles. The van der Waals surface area contributed by atoms with E-state index in [0.717, 1.165) is 5.76 Å². The molecule has 5 heteroatoms. The van der Waals surface area contributed by atoms with Crippen LogP contribution in [0.5, 0.6) is 0 Å². The van der Waals surface area contributed by atoms with Crippen LogP contribution < -0.4 is 5.32 Å². The lowest BCUT2D eigenvalue weighted by atomic mass is 10.2. The third kappa shape index (κ3) is 2.88. The molecule has 0 saturated carbocycles. The molecule has 0 spiro atoms. The van der Waals surface area contributed by atoms with Crippen molar-refractivity contribution in [2.75, 3.05) is 0 Å². The number of nitrogens with one attached hydrogen (secondary N) is 1. The molecule has 0 atom stereocenters. The zero-order valence-corrected chi connectivity index (χ0v) is 10.2. The number of oxazole rings is 1. The molecular weight excluding hydrogens is 236 g/mol. The Morgan fingerprint density at radius 1 is 1.47 bits per heavy atom. The summed E-state index contributed by atoms with van der Waals surface area (Å²) in [6, 6.07) is 7.12. The highest BCUT2D eigenvalue weighted by atomic mass is 32.1. The van der Waals surface area contributed by atoms with Crippen molar-refractivity contribution in [3.8, 4) is 0 Å². The maximum atomic E-state index is 11.8. The summed E-state index contributed by atoms with van der Waals surface area (Å²) in [4.78, 5) is 16.5. The van der Waals surface area contributed by atoms with Crippen LogP contribution in [0.15, 0.2) is 39.8 Å². The number of carbonyl (C=O) groups excluding carboxylic acids is 1. The highest BCUT2D eigenvalue weighted by molar-refractivity contribution is 7.80. The molecule has 0 aliphatic heterocycles. The Bertz CT molecular complexity index is 537. The number of nitrogens with zero attached hydrogens (tertiary/aromatic N) is 1. The normalized spacial score (nSPS) is 10.2. The summed E-state index contributed by atoms with van der Waals surface area (Å²) in [5.41, 5.74) is 0.541. The monoisotopic (exact) mass is 248 g/mol. The minimum atomic E-state index is -0.188. The fraction of sp³-hybridized carbons (Fsp3) is 0.167. The lowest BCUT2D eigenvalue weighted by molar-refractivity contribution is 0.0944. The SMILES string of the molecule is Cc1cnc(CNC(=O)c2ccccc2S)o1. The standard InChI is InChI=1S/C12H12N2O2S/c1-8-6-13-11(16-8)7-14-12(15)9-4-2-3-5-10(9)17/h2-6,17H,7H2,1H3,(H,14,15). The summed E-state index contributed by atoms with van der Waals surface area (Å²) in [5, 5.41) is 2.73. The molecule has 2 aromatic rings. The lowest BCUT2D eigenvalue weighted by Gasteiger charge is -2.04. The maximum absolute atomic E-state index is 11.8. The number of aromatic nitrogens is 1. The van der Waals surface area contributed by atoms with E-state index in [1.807, 2.05) is 6.07 Å². The van der Waals surface area contributed by atoms with Gasteiger partial charge in [-0.2, -0.15) is 0 Å². The van der Waals surface area contributed by atoms with Gasteiger partial charge in [0.1, 0.15) is 5.76 Å². The fourth-order valence-electron chi connectivity index (χ4n) is 1.40. The third-order valence-electron chi connectivity index (χ3n) is 2.22. The fourth-order valence-corrected chi connectivity index (χ4v) is 1.66. The first-order valence-corrected chi connectivity index (χ1v) is 5.59. The largest absolute Gasteiger partial charge is 0.444 e. The molecule has 88 valence electrons. The minimum Gasteiger partial charge on any atom is -0.444 e. The van der Waals surface area contributed by atoms with Crippen molar-refractivity contribution in [2.24, 2.45) is 0 Å². The van der Waals surface area contributed by atoms with Crippen molar-refractivity contribution in [1.82, 2.24) is 10.3 Å². The van der Waals surface area contributed by atoms with E-state index < -0.39 is 0 Å². The van der Waals surface area contributed by atoms with Gasteiger partial charge >= 0.3 is 0 Å². The van der Waals surface area contributed by atoms with E-state index >= 15 is 0 Å². The second-order valence-electron chi connectivity index (χ2n) is 3.56. The minimum absolute atomic E-state index is 0.188. The number of carbonyl (C=O) groups is 1. The number of amides is 1. The van der Waals surface area contributed by atoms with Crippen LogP contribution in [-0.2, 0) is 6.54 Å². The van der Waals surface area contributed by atoms with Crippen LogP contribution >= 0.6 is 12.6 Å². The lowest BCUT2D eigenvalue weighted by Crippen LogP contribution is -2.23. The van der Waals surface area contributed by atoms with Crippen LogP contribution in [-0.4, -0.2) is 10.9 Å². The van der Waals surface area contributed by atoms with Gasteiger partial charge < -0.3 is 9.73 Å². The molecule has 2 rings (SSSR count). The molecule has 4 nitrogen and oxygen atoms in total. The van der Waals surface area contributed by atoms with Crippen molar-refractivity contribution in [3.05, 3.63) is 47.7 Å². The van der Waals surface area contributed by atoms with Crippen molar-refractivity contribution in [1.29, 1.82) is 0 Å². The van der Waals surface area contributed by atoms with Crippen molar-refractivity contribution >= 4 is 18.5 Å². The summed E-state index contributed by atoms with van der Waals surface area (Å²) in [5.74, 6) is 1.03. The topological polar surface area (TPSA) is 55.1 Å². The highest BCUT2D eigenvalue weighted by Gasteiger charge is 2.09. The first-order valence-electron chi connectivity index (χ1n) is 5.14. The number of rotatable bonds is 3. The second kappa shape index (κ2) is 5.05. The summed E-state index contributed by atoms with van der Waals surface area (Å²) in [7, 11) is 0. The molecule has 0 saturated heterocycles. The average molecular weight is 248 g/mol. The van der Waals surface area contributed by atoms with Gasteiger partial charge in [0.2, 0.25) is 5.89 Å². The molecule has 1 aromatic heterocycles.